The number of benzene rings is 2. The first-order valence-electron chi connectivity index (χ1n) is 7.67. The van der Waals surface area contributed by atoms with E-state index in [2.05, 4.69) is 10.3 Å². The number of nitrogens with zero attached hydrogens (tertiary/aromatic N) is 2. The minimum atomic E-state index is -0.525. The van der Waals surface area contributed by atoms with Gasteiger partial charge in [-0.3, -0.25) is 14.2 Å². The summed E-state index contributed by atoms with van der Waals surface area (Å²) in [4.78, 5) is 28.8. The molecule has 0 saturated heterocycles. The van der Waals surface area contributed by atoms with Gasteiger partial charge in [0.1, 0.15) is 5.82 Å². The molecule has 1 aromatic heterocycles. The molecule has 3 rings (SSSR count). The Labute approximate surface area is 143 Å². The minimum absolute atomic E-state index is 0.0871. The molecule has 6 heteroatoms. The molecule has 0 fully saturated rings. The summed E-state index contributed by atoms with van der Waals surface area (Å²) in [5.41, 5.74) is 2.54. The smallest absolute Gasteiger partial charge is 0.298 e. The number of aryl methyl sites for hydroxylation is 2. The van der Waals surface area contributed by atoms with E-state index in [-0.39, 0.29) is 11.4 Å². The van der Waals surface area contributed by atoms with E-state index in [0.29, 0.717) is 5.69 Å². The first kappa shape index (κ1) is 16.6. The number of nitrogens with one attached hydrogen (secondary N) is 1. The van der Waals surface area contributed by atoms with E-state index < -0.39 is 17.3 Å². The van der Waals surface area contributed by atoms with Crippen LogP contribution in [-0.4, -0.2) is 15.5 Å². The fourth-order valence-corrected chi connectivity index (χ4v) is 2.57. The normalized spacial score (nSPS) is 10.5. The van der Waals surface area contributed by atoms with Crippen molar-refractivity contribution in [2.75, 3.05) is 5.32 Å². The summed E-state index contributed by atoms with van der Waals surface area (Å²) in [6.07, 6.45) is 2.99. The summed E-state index contributed by atoms with van der Waals surface area (Å²) in [7, 11) is 0. The van der Waals surface area contributed by atoms with E-state index in [1.165, 1.54) is 35.0 Å². The van der Waals surface area contributed by atoms with Gasteiger partial charge in [0.15, 0.2) is 5.82 Å². The standard InChI is InChI=1S/C19H16FN3O2/c1-12-9-13(2)11-16(10-12)23-8-7-21-17(19(23)25)22-18(24)14-3-5-15(20)6-4-14/h3-11H,1-2H3,(H,21,22,24). The lowest BCUT2D eigenvalue weighted by atomic mass is 10.1. The quantitative estimate of drug-likeness (QED) is 0.798. The summed E-state index contributed by atoms with van der Waals surface area (Å²) >= 11 is 0. The molecule has 0 spiro atoms. The highest BCUT2D eigenvalue weighted by Gasteiger charge is 2.12. The number of carbonyl (C=O) groups excluding carboxylic acids is 1. The van der Waals surface area contributed by atoms with Crippen LogP contribution >= 0.6 is 0 Å². The molecule has 0 bridgehead atoms. The molecule has 2 aromatic carbocycles. The van der Waals surface area contributed by atoms with Gasteiger partial charge in [-0.1, -0.05) is 6.07 Å². The minimum Gasteiger partial charge on any atom is -0.302 e. The van der Waals surface area contributed by atoms with E-state index in [0.717, 1.165) is 11.1 Å². The summed E-state index contributed by atoms with van der Waals surface area (Å²) in [5.74, 6) is -1.05. The Balaban J connectivity index is 1.95. The molecule has 1 heterocycles. The zero-order valence-corrected chi connectivity index (χ0v) is 13.8. The SMILES string of the molecule is Cc1cc(C)cc(-n2ccnc(NC(=O)c3ccc(F)cc3)c2=O)c1. The Morgan fingerprint density at radius 3 is 2.36 bits per heavy atom. The Morgan fingerprint density at radius 1 is 1.08 bits per heavy atom. The molecule has 0 atom stereocenters. The summed E-state index contributed by atoms with van der Waals surface area (Å²) < 4.78 is 14.4. The van der Waals surface area contributed by atoms with Crippen LogP contribution in [0.25, 0.3) is 5.69 Å². The van der Waals surface area contributed by atoms with Crippen LogP contribution in [0.15, 0.2) is 59.7 Å². The summed E-state index contributed by atoms with van der Waals surface area (Å²) in [5, 5.41) is 2.48. The van der Waals surface area contributed by atoms with Gasteiger partial charge in [0.05, 0.1) is 0 Å². The predicted molar refractivity (Wildman–Crippen MR) is 93.7 cm³/mol. The number of halogens is 1. The van der Waals surface area contributed by atoms with Gasteiger partial charge in [-0.05, 0) is 61.4 Å². The highest BCUT2D eigenvalue weighted by atomic mass is 19.1. The van der Waals surface area contributed by atoms with Crippen molar-refractivity contribution in [3.8, 4) is 5.69 Å². The largest absolute Gasteiger partial charge is 0.302 e. The molecular weight excluding hydrogens is 321 g/mol. The lowest BCUT2D eigenvalue weighted by Crippen LogP contribution is -2.26. The van der Waals surface area contributed by atoms with Gasteiger partial charge in [-0.25, -0.2) is 9.37 Å². The molecule has 0 aliphatic carbocycles. The zero-order valence-electron chi connectivity index (χ0n) is 13.8. The maximum atomic E-state index is 12.9. The van der Waals surface area contributed by atoms with E-state index in [9.17, 15) is 14.0 Å². The van der Waals surface area contributed by atoms with E-state index >= 15 is 0 Å². The Morgan fingerprint density at radius 2 is 1.72 bits per heavy atom. The lowest BCUT2D eigenvalue weighted by molar-refractivity contribution is 0.102. The van der Waals surface area contributed by atoms with Crippen LogP contribution in [0.1, 0.15) is 21.5 Å². The van der Waals surface area contributed by atoms with Crippen molar-refractivity contribution in [2.24, 2.45) is 0 Å². The van der Waals surface area contributed by atoms with Crippen LogP contribution in [-0.2, 0) is 0 Å². The molecule has 3 aromatic rings. The molecule has 5 nitrogen and oxygen atoms in total. The van der Waals surface area contributed by atoms with Gasteiger partial charge in [0.2, 0.25) is 0 Å². The van der Waals surface area contributed by atoms with Crippen molar-refractivity contribution >= 4 is 11.7 Å². The second-order valence-electron chi connectivity index (χ2n) is 5.76. The highest BCUT2D eigenvalue weighted by molar-refractivity contribution is 6.03. The molecule has 0 radical (unpaired) electrons. The van der Waals surface area contributed by atoms with E-state index in [1.54, 1.807) is 6.20 Å². The fourth-order valence-electron chi connectivity index (χ4n) is 2.57. The fraction of sp³-hybridized carbons (Fsp3) is 0.105. The first-order chi connectivity index (χ1) is 11.9. The Bertz CT molecular complexity index is 974. The summed E-state index contributed by atoms with van der Waals surface area (Å²) in [6.45, 7) is 3.89. The number of amides is 1. The van der Waals surface area contributed by atoms with Crippen LogP contribution in [0, 0.1) is 19.7 Å². The average Bonchev–Trinajstić information content (AvgIpc) is 2.56. The van der Waals surface area contributed by atoms with Crippen LogP contribution < -0.4 is 10.9 Å². The molecule has 126 valence electrons. The zero-order chi connectivity index (χ0) is 18.0. The maximum Gasteiger partial charge on any atom is 0.298 e. The van der Waals surface area contributed by atoms with E-state index in [1.807, 2.05) is 32.0 Å². The van der Waals surface area contributed by atoms with Crippen LogP contribution in [0.4, 0.5) is 10.2 Å². The molecular formula is C19H16FN3O2. The molecule has 0 aliphatic rings. The van der Waals surface area contributed by atoms with Crippen molar-refractivity contribution in [1.82, 2.24) is 9.55 Å². The third-order valence-corrected chi connectivity index (χ3v) is 3.66. The van der Waals surface area contributed by atoms with Crippen molar-refractivity contribution in [3.05, 3.63) is 87.7 Å². The van der Waals surface area contributed by atoms with Gasteiger partial charge in [-0.15, -0.1) is 0 Å². The third kappa shape index (κ3) is 3.63. The number of anilines is 1. The van der Waals surface area contributed by atoms with Crippen molar-refractivity contribution in [1.29, 1.82) is 0 Å². The Kier molecular flexibility index (Phi) is 4.43. The van der Waals surface area contributed by atoms with Gasteiger partial charge in [0, 0.05) is 23.6 Å². The van der Waals surface area contributed by atoms with Crippen LogP contribution in [0.5, 0.6) is 0 Å². The van der Waals surface area contributed by atoms with Crippen molar-refractivity contribution < 1.29 is 9.18 Å². The molecule has 0 unspecified atom stereocenters. The second-order valence-corrected chi connectivity index (χ2v) is 5.76. The molecule has 0 aliphatic heterocycles. The molecule has 1 N–H and O–H groups in total. The maximum absolute atomic E-state index is 12.9. The first-order valence-corrected chi connectivity index (χ1v) is 7.67. The number of rotatable bonds is 3. The molecule has 0 saturated carbocycles. The monoisotopic (exact) mass is 337 g/mol. The number of carbonyl (C=O) groups is 1. The highest BCUT2D eigenvalue weighted by Crippen LogP contribution is 2.12. The molecule has 1 amide bonds. The number of hydrogen-bond acceptors (Lipinski definition) is 3. The third-order valence-electron chi connectivity index (χ3n) is 3.66. The van der Waals surface area contributed by atoms with Crippen molar-refractivity contribution in [2.45, 2.75) is 13.8 Å². The van der Waals surface area contributed by atoms with Gasteiger partial charge in [0.25, 0.3) is 11.5 Å². The Hall–Kier alpha value is -3.28. The van der Waals surface area contributed by atoms with Crippen LogP contribution in [0.2, 0.25) is 0 Å². The van der Waals surface area contributed by atoms with Crippen molar-refractivity contribution in [3.63, 3.8) is 0 Å². The summed E-state index contributed by atoms with van der Waals surface area (Å²) in [6, 6.07) is 10.8. The van der Waals surface area contributed by atoms with Crippen LogP contribution in [0.3, 0.4) is 0 Å². The van der Waals surface area contributed by atoms with Gasteiger partial charge >= 0.3 is 0 Å². The molecule has 25 heavy (non-hydrogen) atoms. The topological polar surface area (TPSA) is 64.0 Å². The predicted octanol–water partition coefficient (Wildman–Crippen LogP) is 3.24. The lowest BCUT2D eigenvalue weighted by Gasteiger charge is -2.10. The number of aromatic nitrogens is 2. The van der Waals surface area contributed by atoms with E-state index in [4.69, 9.17) is 0 Å². The second kappa shape index (κ2) is 6.68. The number of hydrogen-bond donors (Lipinski definition) is 1. The average molecular weight is 337 g/mol. The van der Waals surface area contributed by atoms with Gasteiger partial charge < -0.3 is 5.32 Å². The van der Waals surface area contributed by atoms with Gasteiger partial charge in [-0.2, -0.15) is 0 Å².